The van der Waals surface area contributed by atoms with Gasteiger partial charge in [0.15, 0.2) is 0 Å². The van der Waals surface area contributed by atoms with Crippen molar-refractivity contribution in [2.45, 2.75) is 38.8 Å². The zero-order chi connectivity index (χ0) is 14.0. The standard InChI is InChI=1S/C9H13F3.C4H6O2/c1-8(9(10,11)12)5-6-2-3-7(8)4-6;1-3-4(5)6-2/h6-7H,2-5H2,1H3;3H,1H2,2H3. The van der Waals surface area contributed by atoms with E-state index in [1.54, 1.807) is 0 Å². The molecule has 0 radical (unpaired) electrons. The molecule has 2 fully saturated rings. The van der Waals surface area contributed by atoms with Gasteiger partial charge in [-0.2, -0.15) is 13.2 Å². The number of methoxy groups -OCH3 is 1. The first-order valence-electron chi connectivity index (χ1n) is 6.01. The molecule has 5 heteroatoms. The average Bonchev–Trinajstić information content (AvgIpc) is 2.88. The van der Waals surface area contributed by atoms with E-state index in [4.69, 9.17) is 0 Å². The normalized spacial score (nSPS) is 33.6. The second kappa shape index (κ2) is 5.33. The summed E-state index contributed by atoms with van der Waals surface area (Å²) in [5, 5.41) is 0. The number of carbonyl (C=O) groups is 1. The molecule has 2 saturated carbocycles. The number of esters is 1. The van der Waals surface area contributed by atoms with Crippen LogP contribution < -0.4 is 0 Å². The van der Waals surface area contributed by atoms with Crippen LogP contribution in [0.2, 0.25) is 0 Å². The van der Waals surface area contributed by atoms with Crippen LogP contribution in [0.5, 0.6) is 0 Å². The molecule has 2 bridgehead atoms. The molecule has 0 amide bonds. The van der Waals surface area contributed by atoms with E-state index in [-0.39, 0.29) is 5.92 Å². The Morgan fingerprint density at radius 1 is 1.44 bits per heavy atom. The first-order valence-corrected chi connectivity index (χ1v) is 6.01. The minimum Gasteiger partial charge on any atom is -0.466 e. The lowest BCUT2D eigenvalue weighted by Crippen LogP contribution is -2.39. The molecule has 0 aromatic carbocycles. The zero-order valence-electron chi connectivity index (χ0n) is 10.7. The lowest BCUT2D eigenvalue weighted by Gasteiger charge is -2.35. The first-order chi connectivity index (χ1) is 8.24. The molecule has 0 N–H and O–H groups in total. The molecule has 2 aliphatic rings. The fraction of sp³-hybridized carbons (Fsp3) is 0.769. The van der Waals surface area contributed by atoms with Crippen molar-refractivity contribution in [3.05, 3.63) is 12.7 Å². The van der Waals surface area contributed by atoms with Gasteiger partial charge in [0.05, 0.1) is 12.5 Å². The molecule has 2 nitrogen and oxygen atoms in total. The van der Waals surface area contributed by atoms with Crippen molar-refractivity contribution in [2.24, 2.45) is 17.3 Å². The summed E-state index contributed by atoms with van der Waals surface area (Å²) >= 11 is 0. The third-order valence-electron chi connectivity index (χ3n) is 4.17. The summed E-state index contributed by atoms with van der Waals surface area (Å²) in [6, 6.07) is 0. The van der Waals surface area contributed by atoms with Crippen LogP contribution in [0.15, 0.2) is 12.7 Å². The molecule has 3 unspecified atom stereocenters. The average molecular weight is 264 g/mol. The van der Waals surface area contributed by atoms with E-state index in [2.05, 4.69) is 11.3 Å². The maximum absolute atomic E-state index is 12.6. The second-order valence-corrected chi connectivity index (χ2v) is 5.22. The summed E-state index contributed by atoms with van der Waals surface area (Å²) in [6.07, 6.45) is 0.140. The molecule has 104 valence electrons. The van der Waals surface area contributed by atoms with Gasteiger partial charge in [0.1, 0.15) is 0 Å². The number of rotatable bonds is 1. The highest BCUT2D eigenvalue weighted by molar-refractivity contribution is 5.80. The van der Waals surface area contributed by atoms with Crippen molar-refractivity contribution in [2.75, 3.05) is 7.11 Å². The maximum atomic E-state index is 12.6. The van der Waals surface area contributed by atoms with Crippen molar-refractivity contribution in [3.63, 3.8) is 0 Å². The molecule has 0 saturated heterocycles. The van der Waals surface area contributed by atoms with Crippen molar-refractivity contribution in [1.82, 2.24) is 0 Å². The predicted octanol–water partition coefficient (Wildman–Crippen LogP) is 3.72. The van der Waals surface area contributed by atoms with Crippen LogP contribution in [0.1, 0.15) is 32.6 Å². The quantitative estimate of drug-likeness (QED) is 0.533. The topological polar surface area (TPSA) is 26.3 Å². The lowest BCUT2D eigenvalue weighted by atomic mass is 9.74. The highest BCUT2D eigenvalue weighted by Gasteiger charge is 2.61. The molecule has 0 spiro atoms. The number of hydrogen-bond donors (Lipinski definition) is 0. The lowest BCUT2D eigenvalue weighted by molar-refractivity contribution is -0.234. The minimum atomic E-state index is -3.98. The minimum absolute atomic E-state index is 0.0810. The van der Waals surface area contributed by atoms with Gasteiger partial charge in [-0.3, -0.25) is 0 Å². The maximum Gasteiger partial charge on any atom is 0.394 e. The summed E-state index contributed by atoms with van der Waals surface area (Å²) in [4.78, 5) is 9.84. The van der Waals surface area contributed by atoms with E-state index in [1.165, 1.54) is 14.0 Å². The van der Waals surface area contributed by atoms with E-state index in [1.807, 2.05) is 0 Å². The number of carbonyl (C=O) groups excluding carboxylic acids is 1. The molecule has 0 aromatic heterocycles. The SMILES string of the molecule is C=CC(=O)OC.CC1(C(F)(F)F)CC2CCC1C2. The number of ether oxygens (including phenoxy) is 1. The highest BCUT2D eigenvalue weighted by atomic mass is 19.4. The summed E-state index contributed by atoms with van der Waals surface area (Å²) in [6.45, 7) is 4.56. The molecular formula is C13H19F3O2. The van der Waals surface area contributed by atoms with Crippen LogP contribution >= 0.6 is 0 Å². The van der Waals surface area contributed by atoms with Crippen LogP contribution in [-0.4, -0.2) is 19.3 Å². The molecule has 0 aromatic rings. The van der Waals surface area contributed by atoms with E-state index in [0.29, 0.717) is 12.3 Å². The fourth-order valence-corrected chi connectivity index (χ4v) is 3.04. The smallest absolute Gasteiger partial charge is 0.394 e. The van der Waals surface area contributed by atoms with Gasteiger partial charge in [-0.25, -0.2) is 4.79 Å². The van der Waals surface area contributed by atoms with Gasteiger partial charge in [-0.05, 0) is 31.1 Å². The van der Waals surface area contributed by atoms with Gasteiger partial charge < -0.3 is 4.74 Å². The van der Waals surface area contributed by atoms with Crippen molar-refractivity contribution >= 4 is 5.97 Å². The van der Waals surface area contributed by atoms with Crippen molar-refractivity contribution < 1.29 is 22.7 Å². The molecular weight excluding hydrogens is 245 g/mol. The first kappa shape index (κ1) is 15.1. The van der Waals surface area contributed by atoms with Crippen LogP contribution in [0.3, 0.4) is 0 Å². The summed E-state index contributed by atoms with van der Waals surface area (Å²) in [5.74, 6) is -0.112. The Kier molecular flexibility index (Phi) is 4.46. The Labute approximate surface area is 105 Å². The molecule has 2 aliphatic carbocycles. The molecule has 3 atom stereocenters. The van der Waals surface area contributed by atoms with E-state index < -0.39 is 17.6 Å². The summed E-state index contributed by atoms with van der Waals surface area (Å²) < 4.78 is 42.0. The molecule has 0 heterocycles. The van der Waals surface area contributed by atoms with Crippen molar-refractivity contribution in [3.8, 4) is 0 Å². The van der Waals surface area contributed by atoms with Crippen LogP contribution in [0, 0.1) is 17.3 Å². The molecule has 18 heavy (non-hydrogen) atoms. The van der Waals surface area contributed by atoms with Crippen LogP contribution in [0.4, 0.5) is 13.2 Å². The Hall–Kier alpha value is -1.00. The highest BCUT2D eigenvalue weighted by Crippen LogP contribution is 2.62. The summed E-state index contributed by atoms with van der Waals surface area (Å²) in [5.41, 5.74) is -1.35. The third-order valence-corrected chi connectivity index (χ3v) is 4.17. The number of hydrogen-bond acceptors (Lipinski definition) is 2. The Morgan fingerprint density at radius 3 is 2.22 bits per heavy atom. The molecule has 0 aliphatic heterocycles. The van der Waals surface area contributed by atoms with Crippen molar-refractivity contribution in [1.29, 1.82) is 0 Å². The van der Waals surface area contributed by atoms with E-state index in [9.17, 15) is 18.0 Å². The zero-order valence-corrected chi connectivity index (χ0v) is 10.7. The Bertz CT molecular complexity index is 325. The Balaban J connectivity index is 0.000000232. The third kappa shape index (κ3) is 2.87. The van der Waals surface area contributed by atoms with Crippen LogP contribution in [-0.2, 0) is 9.53 Å². The van der Waals surface area contributed by atoms with Gasteiger partial charge in [0, 0.05) is 6.08 Å². The van der Waals surface area contributed by atoms with Gasteiger partial charge in [0.2, 0.25) is 0 Å². The van der Waals surface area contributed by atoms with Gasteiger partial charge >= 0.3 is 12.1 Å². The van der Waals surface area contributed by atoms with Crippen LogP contribution in [0.25, 0.3) is 0 Å². The predicted molar refractivity (Wildman–Crippen MR) is 61.8 cm³/mol. The fourth-order valence-electron chi connectivity index (χ4n) is 3.04. The van der Waals surface area contributed by atoms with Gasteiger partial charge in [-0.15, -0.1) is 0 Å². The largest absolute Gasteiger partial charge is 0.466 e. The monoisotopic (exact) mass is 264 g/mol. The second-order valence-electron chi connectivity index (χ2n) is 5.22. The van der Waals surface area contributed by atoms with Gasteiger partial charge in [0.25, 0.3) is 0 Å². The number of fused-ring (bicyclic) bond motifs is 2. The number of alkyl halides is 3. The Morgan fingerprint density at radius 2 is 2.06 bits per heavy atom. The van der Waals surface area contributed by atoms with Gasteiger partial charge in [-0.1, -0.05) is 19.9 Å². The summed E-state index contributed by atoms with van der Waals surface area (Å²) in [7, 11) is 1.31. The van der Waals surface area contributed by atoms with E-state index >= 15 is 0 Å². The number of halogens is 3. The molecule has 2 rings (SSSR count). The van der Waals surface area contributed by atoms with E-state index in [0.717, 1.165) is 25.3 Å².